The molecule has 0 aromatic heterocycles. The lowest BCUT2D eigenvalue weighted by molar-refractivity contribution is -0.122. The highest BCUT2D eigenvalue weighted by Crippen LogP contribution is 2.10. The van der Waals surface area contributed by atoms with Gasteiger partial charge in [-0.25, -0.2) is 0 Å². The summed E-state index contributed by atoms with van der Waals surface area (Å²) in [6, 6.07) is 0.546. The van der Waals surface area contributed by atoms with Gasteiger partial charge in [-0.05, 0) is 39.3 Å². The SMILES string of the molecule is CN(CC(=O)NCC1CCCO1)CC1CCCCN1. The molecule has 2 atom stereocenters. The summed E-state index contributed by atoms with van der Waals surface area (Å²) in [6.45, 7) is 4.05. The molecule has 0 radical (unpaired) electrons. The number of nitrogens with one attached hydrogen (secondary N) is 2. The summed E-state index contributed by atoms with van der Waals surface area (Å²) in [5.41, 5.74) is 0. The molecule has 2 heterocycles. The molecule has 0 spiro atoms. The van der Waals surface area contributed by atoms with Crippen LogP contribution in [0.1, 0.15) is 32.1 Å². The Morgan fingerprint density at radius 2 is 2.26 bits per heavy atom. The Morgan fingerprint density at radius 1 is 1.37 bits per heavy atom. The van der Waals surface area contributed by atoms with E-state index in [0.717, 1.165) is 32.5 Å². The Bertz CT molecular complexity index is 274. The Hall–Kier alpha value is -0.650. The van der Waals surface area contributed by atoms with Gasteiger partial charge in [-0.1, -0.05) is 6.42 Å². The Balaban J connectivity index is 1.57. The fraction of sp³-hybridized carbons (Fsp3) is 0.929. The van der Waals surface area contributed by atoms with Gasteiger partial charge in [0.25, 0.3) is 0 Å². The smallest absolute Gasteiger partial charge is 0.234 e. The van der Waals surface area contributed by atoms with Gasteiger partial charge < -0.3 is 15.4 Å². The lowest BCUT2D eigenvalue weighted by Crippen LogP contribution is -2.45. The summed E-state index contributed by atoms with van der Waals surface area (Å²) in [5, 5.41) is 6.47. The van der Waals surface area contributed by atoms with E-state index in [4.69, 9.17) is 4.74 Å². The molecule has 2 saturated heterocycles. The largest absolute Gasteiger partial charge is 0.376 e. The normalized spacial score (nSPS) is 27.7. The number of piperidine rings is 1. The van der Waals surface area contributed by atoms with Crippen LogP contribution in [-0.2, 0) is 9.53 Å². The highest BCUT2D eigenvalue weighted by molar-refractivity contribution is 5.78. The zero-order chi connectivity index (χ0) is 13.5. The Morgan fingerprint density at radius 3 is 2.95 bits per heavy atom. The quantitative estimate of drug-likeness (QED) is 0.731. The molecule has 110 valence electrons. The van der Waals surface area contributed by atoms with Crippen LogP contribution in [0.25, 0.3) is 0 Å². The van der Waals surface area contributed by atoms with Crippen molar-refractivity contribution in [2.45, 2.75) is 44.2 Å². The highest BCUT2D eigenvalue weighted by atomic mass is 16.5. The van der Waals surface area contributed by atoms with Crippen molar-refractivity contribution in [3.8, 4) is 0 Å². The summed E-state index contributed by atoms with van der Waals surface area (Å²) in [6.07, 6.45) is 6.23. The van der Waals surface area contributed by atoms with Gasteiger partial charge in [0.1, 0.15) is 0 Å². The van der Waals surface area contributed by atoms with Crippen LogP contribution < -0.4 is 10.6 Å². The minimum absolute atomic E-state index is 0.105. The molecule has 0 aromatic carbocycles. The first kappa shape index (κ1) is 14.8. The zero-order valence-electron chi connectivity index (χ0n) is 12.0. The molecule has 2 aliphatic rings. The summed E-state index contributed by atoms with van der Waals surface area (Å²) in [5.74, 6) is 0.105. The number of hydrogen-bond acceptors (Lipinski definition) is 4. The first-order chi connectivity index (χ1) is 9.24. The van der Waals surface area contributed by atoms with E-state index in [2.05, 4.69) is 15.5 Å². The van der Waals surface area contributed by atoms with Crippen LogP contribution in [0.5, 0.6) is 0 Å². The Labute approximate surface area is 116 Å². The molecule has 5 heteroatoms. The van der Waals surface area contributed by atoms with Gasteiger partial charge in [-0.15, -0.1) is 0 Å². The molecule has 0 aromatic rings. The van der Waals surface area contributed by atoms with Crippen molar-refractivity contribution in [1.82, 2.24) is 15.5 Å². The third kappa shape index (κ3) is 5.47. The van der Waals surface area contributed by atoms with Gasteiger partial charge in [0.15, 0.2) is 0 Å². The highest BCUT2D eigenvalue weighted by Gasteiger charge is 2.18. The van der Waals surface area contributed by atoms with Crippen molar-refractivity contribution < 1.29 is 9.53 Å². The predicted octanol–water partition coefficient (Wildman–Crippen LogP) is 0.356. The van der Waals surface area contributed by atoms with E-state index in [1.54, 1.807) is 0 Å². The maximum Gasteiger partial charge on any atom is 0.234 e. The summed E-state index contributed by atoms with van der Waals surface area (Å²) >= 11 is 0. The number of likely N-dealkylation sites (N-methyl/N-ethyl adjacent to an activating group) is 1. The average Bonchev–Trinajstić information content (AvgIpc) is 2.90. The van der Waals surface area contributed by atoms with Gasteiger partial charge in [-0.2, -0.15) is 0 Å². The molecule has 2 rings (SSSR count). The van der Waals surface area contributed by atoms with Crippen molar-refractivity contribution >= 4 is 5.91 Å². The lowest BCUT2D eigenvalue weighted by atomic mass is 10.0. The Kier molecular flexibility index (Phi) is 6.07. The number of nitrogens with zero attached hydrogens (tertiary/aromatic N) is 1. The van der Waals surface area contributed by atoms with Crippen LogP contribution in [0.3, 0.4) is 0 Å². The van der Waals surface area contributed by atoms with E-state index in [9.17, 15) is 4.79 Å². The van der Waals surface area contributed by atoms with Crippen LogP contribution in [-0.4, -0.2) is 62.8 Å². The molecule has 0 aliphatic carbocycles. The predicted molar refractivity (Wildman–Crippen MR) is 75.1 cm³/mol. The van der Waals surface area contributed by atoms with Crippen molar-refractivity contribution in [3.05, 3.63) is 0 Å². The second-order valence-corrected chi connectivity index (χ2v) is 5.78. The van der Waals surface area contributed by atoms with Gasteiger partial charge in [0.05, 0.1) is 12.6 Å². The van der Waals surface area contributed by atoms with Crippen molar-refractivity contribution in [2.75, 3.05) is 39.8 Å². The molecule has 2 unspecified atom stereocenters. The maximum absolute atomic E-state index is 11.8. The van der Waals surface area contributed by atoms with Crippen LogP contribution in [0, 0.1) is 0 Å². The molecule has 5 nitrogen and oxygen atoms in total. The van der Waals surface area contributed by atoms with Crippen molar-refractivity contribution in [2.24, 2.45) is 0 Å². The third-order valence-electron chi connectivity index (χ3n) is 3.91. The van der Waals surface area contributed by atoms with Crippen LogP contribution in [0.4, 0.5) is 0 Å². The first-order valence-corrected chi connectivity index (χ1v) is 7.54. The fourth-order valence-electron chi connectivity index (χ4n) is 2.85. The van der Waals surface area contributed by atoms with E-state index < -0.39 is 0 Å². The molecule has 2 N–H and O–H groups in total. The lowest BCUT2D eigenvalue weighted by Gasteiger charge is -2.27. The number of carbonyl (C=O) groups excluding carboxylic acids is 1. The van der Waals surface area contributed by atoms with Crippen molar-refractivity contribution in [1.29, 1.82) is 0 Å². The summed E-state index contributed by atoms with van der Waals surface area (Å²) in [4.78, 5) is 13.9. The number of rotatable bonds is 6. The molecule has 0 bridgehead atoms. The van der Waals surface area contributed by atoms with Crippen LogP contribution >= 0.6 is 0 Å². The van der Waals surface area contributed by atoms with E-state index in [0.29, 0.717) is 19.1 Å². The molecular formula is C14H27N3O2. The molecule has 0 saturated carbocycles. The second kappa shape index (κ2) is 7.82. The third-order valence-corrected chi connectivity index (χ3v) is 3.91. The first-order valence-electron chi connectivity index (χ1n) is 7.54. The molecule has 19 heavy (non-hydrogen) atoms. The topological polar surface area (TPSA) is 53.6 Å². The van der Waals surface area contributed by atoms with Gasteiger partial charge >= 0.3 is 0 Å². The number of ether oxygens (including phenoxy) is 1. The zero-order valence-corrected chi connectivity index (χ0v) is 12.0. The van der Waals surface area contributed by atoms with E-state index in [1.165, 1.54) is 19.3 Å². The monoisotopic (exact) mass is 269 g/mol. The number of hydrogen-bond donors (Lipinski definition) is 2. The standard InChI is InChI=1S/C14H27N3O2/c1-17(10-12-5-2-3-7-15-12)11-14(18)16-9-13-6-4-8-19-13/h12-13,15H,2-11H2,1H3,(H,16,18). The van der Waals surface area contributed by atoms with E-state index >= 15 is 0 Å². The minimum atomic E-state index is 0.105. The molecule has 1 amide bonds. The van der Waals surface area contributed by atoms with Crippen molar-refractivity contribution in [3.63, 3.8) is 0 Å². The molecular weight excluding hydrogens is 242 g/mol. The molecule has 2 fully saturated rings. The average molecular weight is 269 g/mol. The van der Waals surface area contributed by atoms with E-state index in [1.807, 2.05) is 7.05 Å². The summed E-state index contributed by atoms with van der Waals surface area (Å²) < 4.78 is 5.49. The van der Waals surface area contributed by atoms with Crippen LogP contribution in [0.2, 0.25) is 0 Å². The van der Waals surface area contributed by atoms with Gasteiger partial charge in [0.2, 0.25) is 5.91 Å². The van der Waals surface area contributed by atoms with Gasteiger partial charge in [-0.3, -0.25) is 9.69 Å². The maximum atomic E-state index is 11.8. The number of carbonyl (C=O) groups is 1. The summed E-state index contributed by atoms with van der Waals surface area (Å²) in [7, 11) is 2.02. The minimum Gasteiger partial charge on any atom is -0.376 e. The van der Waals surface area contributed by atoms with Gasteiger partial charge in [0, 0.05) is 25.7 Å². The molecule has 2 aliphatic heterocycles. The van der Waals surface area contributed by atoms with E-state index in [-0.39, 0.29) is 12.0 Å². The fourth-order valence-corrected chi connectivity index (χ4v) is 2.85. The second-order valence-electron chi connectivity index (χ2n) is 5.78. The van der Waals surface area contributed by atoms with Crippen LogP contribution in [0.15, 0.2) is 0 Å². The number of amides is 1.